The van der Waals surface area contributed by atoms with Crippen molar-refractivity contribution in [2.75, 3.05) is 27.4 Å². The predicted molar refractivity (Wildman–Crippen MR) is 119 cm³/mol. The van der Waals surface area contributed by atoms with E-state index in [1.807, 2.05) is 30.3 Å². The van der Waals surface area contributed by atoms with Gasteiger partial charge in [-0.3, -0.25) is 14.4 Å². The number of hydroxylamine groups is 2. The van der Waals surface area contributed by atoms with Crippen molar-refractivity contribution in [3.63, 3.8) is 0 Å². The van der Waals surface area contributed by atoms with Crippen LogP contribution in [-0.2, 0) is 28.6 Å². The van der Waals surface area contributed by atoms with Gasteiger partial charge in [0.15, 0.2) is 5.41 Å². The molecule has 1 saturated heterocycles. The summed E-state index contributed by atoms with van der Waals surface area (Å²) in [4.78, 5) is 45.0. The van der Waals surface area contributed by atoms with E-state index < -0.39 is 35.5 Å². The van der Waals surface area contributed by atoms with Crippen molar-refractivity contribution in [3.8, 4) is 0 Å². The Morgan fingerprint density at radius 2 is 1.52 bits per heavy atom. The first kappa shape index (κ1) is 24.4. The molecule has 1 heterocycles. The number of hydrogen-bond donors (Lipinski definition) is 0. The average Bonchev–Trinajstić information content (AvgIpc) is 2.84. The zero-order valence-corrected chi connectivity index (χ0v) is 19.3. The summed E-state index contributed by atoms with van der Waals surface area (Å²) in [5.41, 5.74) is 0.0759. The molecule has 3 rings (SSSR count). The molecule has 0 amide bonds. The molecule has 0 spiro atoms. The van der Waals surface area contributed by atoms with Gasteiger partial charge in [0.25, 0.3) is 0 Å². The van der Waals surface area contributed by atoms with Gasteiger partial charge in [-0.2, -0.15) is 5.06 Å². The van der Waals surface area contributed by atoms with E-state index >= 15 is 0 Å². The van der Waals surface area contributed by atoms with Crippen LogP contribution in [0.2, 0.25) is 0 Å². The van der Waals surface area contributed by atoms with Crippen LogP contribution >= 0.6 is 0 Å². The van der Waals surface area contributed by atoms with E-state index in [0.717, 1.165) is 5.56 Å². The fraction of sp³-hybridized carbons (Fsp3) is 0.400. The molecule has 8 heteroatoms. The maximum atomic E-state index is 13.5. The van der Waals surface area contributed by atoms with Crippen molar-refractivity contribution < 1.29 is 33.4 Å². The van der Waals surface area contributed by atoms with Crippen LogP contribution in [0.5, 0.6) is 0 Å². The van der Waals surface area contributed by atoms with Crippen LogP contribution in [0.1, 0.15) is 53.9 Å². The summed E-state index contributed by atoms with van der Waals surface area (Å²) in [6.45, 7) is 3.59. The zero-order chi connectivity index (χ0) is 24.0. The first-order valence-corrected chi connectivity index (χ1v) is 10.9. The van der Waals surface area contributed by atoms with Gasteiger partial charge in [-0.25, -0.2) is 4.79 Å². The molecule has 0 bridgehead atoms. The zero-order valence-electron chi connectivity index (χ0n) is 19.3. The summed E-state index contributed by atoms with van der Waals surface area (Å²) in [6.07, 6.45) is -0.543. The third-order valence-electron chi connectivity index (χ3n) is 5.73. The lowest BCUT2D eigenvalue weighted by Crippen LogP contribution is -2.56. The Morgan fingerprint density at radius 3 is 2.03 bits per heavy atom. The normalized spacial score (nSPS) is 20.0. The Morgan fingerprint density at radius 1 is 0.939 bits per heavy atom. The second kappa shape index (κ2) is 10.6. The molecule has 33 heavy (non-hydrogen) atoms. The molecule has 2 aromatic rings. The monoisotopic (exact) mass is 455 g/mol. The molecule has 0 N–H and O–H groups in total. The van der Waals surface area contributed by atoms with Crippen LogP contribution < -0.4 is 0 Å². The van der Waals surface area contributed by atoms with Gasteiger partial charge in [0.1, 0.15) is 6.10 Å². The Hall–Kier alpha value is -3.23. The molecule has 0 unspecified atom stereocenters. The quantitative estimate of drug-likeness (QED) is 0.355. The van der Waals surface area contributed by atoms with Crippen molar-refractivity contribution in [3.05, 3.63) is 71.3 Å². The van der Waals surface area contributed by atoms with Crippen molar-refractivity contribution in [1.29, 1.82) is 0 Å². The Kier molecular flexibility index (Phi) is 7.84. The maximum Gasteiger partial charge on any atom is 0.337 e. The van der Waals surface area contributed by atoms with E-state index in [4.69, 9.17) is 19.0 Å². The Labute approximate surface area is 193 Å². The van der Waals surface area contributed by atoms with E-state index in [2.05, 4.69) is 0 Å². The smallest absolute Gasteiger partial charge is 0.337 e. The number of hydrogen-bond acceptors (Lipinski definition) is 8. The molecule has 0 saturated carbocycles. The molecule has 2 atom stereocenters. The minimum absolute atomic E-state index is 0.0302. The third kappa shape index (κ3) is 4.77. The largest absolute Gasteiger partial charge is 0.465 e. The van der Waals surface area contributed by atoms with E-state index in [9.17, 15) is 14.4 Å². The molecular formula is C25H29NO7. The molecule has 0 aliphatic carbocycles. The summed E-state index contributed by atoms with van der Waals surface area (Å²) < 4.78 is 15.6. The van der Waals surface area contributed by atoms with Crippen molar-refractivity contribution in [2.45, 2.75) is 32.4 Å². The third-order valence-corrected chi connectivity index (χ3v) is 5.73. The molecular weight excluding hydrogens is 426 g/mol. The Bertz CT molecular complexity index is 956. The van der Waals surface area contributed by atoms with Gasteiger partial charge in [0, 0.05) is 13.5 Å². The Balaban J connectivity index is 2.14. The van der Waals surface area contributed by atoms with Gasteiger partial charge in [0.05, 0.1) is 31.9 Å². The van der Waals surface area contributed by atoms with Gasteiger partial charge in [0.2, 0.25) is 0 Å². The van der Waals surface area contributed by atoms with Crippen LogP contribution in [0.3, 0.4) is 0 Å². The van der Waals surface area contributed by atoms with Crippen LogP contribution in [0.15, 0.2) is 54.6 Å². The summed E-state index contributed by atoms with van der Waals surface area (Å²) in [6, 6.07) is 15.0. The molecule has 8 nitrogen and oxygen atoms in total. The van der Waals surface area contributed by atoms with E-state index in [1.54, 1.807) is 45.2 Å². The van der Waals surface area contributed by atoms with Gasteiger partial charge in [-0.05, 0) is 37.1 Å². The topological polar surface area (TPSA) is 91.4 Å². The van der Waals surface area contributed by atoms with Gasteiger partial charge < -0.3 is 14.2 Å². The van der Waals surface area contributed by atoms with Crippen LogP contribution in [0.25, 0.3) is 0 Å². The first-order valence-electron chi connectivity index (χ1n) is 10.9. The number of benzene rings is 2. The minimum Gasteiger partial charge on any atom is -0.465 e. The molecule has 1 fully saturated rings. The number of ether oxygens (including phenoxy) is 3. The highest BCUT2D eigenvalue weighted by molar-refractivity contribution is 6.01. The maximum absolute atomic E-state index is 13.5. The van der Waals surface area contributed by atoms with Gasteiger partial charge >= 0.3 is 17.9 Å². The average molecular weight is 456 g/mol. The molecule has 0 radical (unpaired) electrons. The number of nitrogens with zero attached hydrogens (tertiary/aromatic N) is 1. The van der Waals surface area contributed by atoms with E-state index in [1.165, 1.54) is 12.2 Å². The molecule has 176 valence electrons. The second-order valence-corrected chi connectivity index (χ2v) is 7.68. The summed E-state index contributed by atoms with van der Waals surface area (Å²) in [7, 11) is 2.97. The highest BCUT2D eigenvalue weighted by atomic mass is 16.7. The van der Waals surface area contributed by atoms with Crippen LogP contribution in [-0.4, -0.2) is 50.3 Å². The van der Waals surface area contributed by atoms with E-state index in [0.29, 0.717) is 11.1 Å². The lowest BCUT2D eigenvalue weighted by atomic mass is 9.70. The first-order chi connectivity index (χ1) is 15.9. The van der Waals surface area contributed by atoms with Crippen LogP contribution in [0.4, 0.5) is 0 Å². The van der Waals surface area contributed by atoms with Crippen LogP contribution in [0, 0.1) is 5.41 Å². The van der Waals surface area contributed by atoms with Gasteiger partial charge in [-0.1, -0.05) is 42.5 Å². The molecule has 0 aromatic heterocycles. The summed E-state index contributed by atoms with van der Waals surface area (Å²) in [5.74, 6) is -1.84. The van der Waals surface area contributed by atoms with Gasteiger partial charge in [-0.15, -0.1) is 0 Å². The van der Waals surface area contributed by atoms with Crippen molar-refractivity contribution >= 4 is 17.9 Å². The predicted octanol–water partition coefficient (Wildman–Crippen LogP) is 3.64. The highest BCUT2D eigenvalue weighted by Crippen LogP contribution is 2.52. The minimum atomic E-state index is -1.69. The molecule has 2 aromatic carbocycles. The summed E-state index contributed by atoms with van der Waals surface area (Å²) in [5, 5.41) is 1.50. The summed E-state index contributed by atoms with van der Waals surface area (Å²) >= 11 is 0. The lowest BCUT2D eigenvalue weighted by molar-refractivity contribution is -0.278. The SMILES string of the molecule is CCOC(=O)C1(C(=O)OCC)C[C@@H](c2ccccc2)ON(C)[C@@H]1c1ccc(C(=O)OC)cc1. The fourth-order valence-electron chi connectivity index (χ4n) is 4.27. The lowest BCUT2D eigenvalue weighted by Gasteiger charge is -2.47. The standard InChI is InChI=1S/C25H29NO7/c1-5-31-23(28)25(24(29)32-6-2)16-20(17-10-8-7-9-11-17)33-26(3)21(25)18-12-14-19(15-13-18)22(27)30-4/h7-15,20-21H,5-6,16H2,1-4H3/t20-,21+/m0/s1. The van der Waals surface area contributed by atoms with Crippen molar-refractivity contribution in [2.24, 2.45) is 5.41 Å². The van der Waals surface area contributed by atoms with Crippen molar-refractivity contribution in [1.82, 2.24) is 5.06 Å². The fourth-order valence-corrected chi connectivity index (χ4v) is 4.27. The highest BCUT2D eigenvalue weighted by Gasteiger charge is 2.61. The molecule has 1 aliphatic heterocycles. The number of methoxy groups -OCH3 is 1. The second-order valence-electron chi connectivity index (χ2n) is 7.68. The molecule has 1 aliphatic rings. The van der Waals surface area contributed by atoms with E-state index in [-0.39, 0.29) is 19.6 Å². The number of carbonyl (C=O) groups excluding carboxylic acids is 3. The number of rotatable bonds is 7. The number of carbonyl (C=O) groups is 3. The number of esters is 3.